The van der Waals surface area contributed by atoms with Gasteiger partial charge < -0.3 is 15.4 Å². The maximum absolute atomic E-state index is 13.0. The molecule has 0 radical (unpaired) electrons. The van der Waals surface area contributed by atoms with Crippen LogP contribution in [0.3, 0.4) is 0 Å². The molecule has 3 aromatic rings. The lowest BCUT2D eigenvalue weighted by Crippen LogP contribution is -2.37. The Morgan fingerprint density at radius 2 is 1.61 bits per heavy atom. The van der Waals surface area contributed by atoms with Gasteiger partial charge in [0.05, 0.1) is 18.4 Å². The minimum atomic E-state index is -4.56. The molecule has 1 unspecified atom stereocenters. The molecule has 5 nitrogen and oxygen atoms in total. The van der Waals surface area contributed by atoms with Crippen LogP contribution in [0.1, 0.15) is 24.1 Å². The van der Waals surface area contributed by atoms with Gasteiger partial charge in [-0.3, -0.25) is 9.59 Å². The Morgan fingerprint density at radius 1 is 0.964 bits per heavy atom. The van der Waals surface area contributed by atoms with Crippen LogP contribution in [0.15, 0.2) is 58.1 Å². The van der Waals surface area contributed by atoms with Gasteiger partial charge in [-0.1, -0.05) is 30.3 Å². The number of methoxy groups -OCH3 is 1. The number of alkyl halides is 3. The molecule has 146 valence electrons. The van der Waals surface area contributed by atoms with Crippen LogP contribution in [-0.2, 0) is 6.18 Å². The Balaban J connectivity index is 1.91. The van der Waals surface area contributed by atoms with Crippen LogP contribution in [0.4, 0.5) is 30.2 Å². The minimum absolute atomic E-state index is 0.0285. The number of nitrogens with one attached hydrogen (secondary N) is 2. The first kappa shape index (κ1) is 19.5. The number of ether oxygens (including phenoxy) is 1. The number of hydrogen-bond acceptors (Lipinski definition) is 5. The van der Waals surface area contributed by atoms with E-state index in [0.29, 0.717) is 0 Å². The summed E-state index contributed by atoms with van der Waals surface area (Å²) in [5, 5.41) is 5.57. The molecule has 3 aromatic carbocycles. The minimum Gasteiger partial charge on any atom is -0.495 e. The van der Waals surface area contributed by atoms with Crippen molar-refractivity contribution in [3.63, 3.8) is 0 Å². The van der Waals surface area contributed by atoms with Crippen molar-refractivity contribution >= 4 is 17.1 Å². The summed E-state index contributed by atoms with van der Waals surface area (Å²) in [5.74, 6) is 0.114. The highest BCUT2D eigenvalue weighted by atomic mass is 19.4. The summed E-state index contributed by atoms with van der Waals surface area (Å²) in [7, 11) is 1.30. The van der Waals surface area contributed by atoms with Gasteiger partial charge in [0, 0.05) is 6.04 Å². The van der Waals surface area contributed by atoms with Crippen LogP contribution >= 0.6 is 0 Å². The zero-order valence-electron chi connectivity index (χ0n) is 15.1. The van der Waals surface area contributed by atoms with Crippen molar-refractivity contribution in [1.82, 2.24) is 0 Å². The molecule has 0 aromatic heterocycles. The molecule has 0 spiro atoms. The van der Waals surface area contributed by atoms with E-state index in [1.54, 1.807) is 6.92 Å². The summed E-state index contributed by atoms with van der Waals surface area (Å²) < 4.78 is 44.1. The maximum Gasteiger partial charge on any atom is 0.416 e. The summed E-state index contributed by atoms with van der Waals surface area (Å²) in [6.45, 7) is 1.81. The zero-order chi connectivity index (χ0) is 20.5. The lowest BCUT2D eigenvalue weighted by atomic mass is 10.1. The zero-order valence-corrected chi connectivity index (χ0v) is 15.1. The third kappa shape index (κ3) is 3.71. The van der Waals surface area contributed by atoms with E-state index in [1.165, 1.54) is 7.11 Å². The SMILES string of the molecule is COc1ccc(C(F)(F)F)cc1Nc1c(NC(C)c2ccccc2)c(=O)c1=O. The van der Waals surface area contributed by atoms with Gasteiger partial charge in [0.1, 0.15) is 17.1 Å². The molecule has 0 saturated carbocycles. The first-order valence-corrected chi connectivity index (χ1v) is 8.39. The van der Waals surface area contributed by atoms with Crippen molar-refractivity contribution < 1.29 is 17.9 Å². The first-order chi connectivity index (χ1) is 13.2. The molecule has 8 heteroatoms. The number of anilines is 3. The van der Waals surface area contributed by atoms with E-state index < -0.39 is 22.6 Å². The van der Waals surface area contributed by atoms with Gasteiger partial charge in [0.15, 0.2) is 0 Å². The third-order valence-corrected chi connectivity index (χ3v) is 4.36. The highest BCUT2D eigenvalue weighted by Gasteiger charge is 2.32. The van der Waals surface area contributed by atoms with Gasteiger partial charge in [-0.15, -0.1) is 0 Å². The van der Waals surface area contributed by atoms with Crippen LogP contribution in [0.25, 0.3) is 0 Å². The van der Waals surface area contributed by atoms with Gasteiger partial charge in [0.2, 0.25) is 0 Å². The second kappa shape index (κ2) is 7.38. The van der Waals surface area contributed by atoms with Crippen LogP contribution in [-0.4, -0.2) is 7.11 Å². The fourth-order valence-electron chi connectivity index (χ4n) is 2.81. The van der Waals surface area contributed by atoms with E-state index in [9.17, 15) is 22.8 Å². The van der Waals surface area contributed by atoms with E-state index in [2.05, 4.69) is 10.6 Å². The van der Waals surface area contributed by atoms with Gasteiger partial charge in [0.25, 0.3) is 10.9 Å². The van der Waals surface area contributed by atoms with Gasteiger partial charge in [-0.25, -0.2) is 0 Å². The number of hydrogen-bond donors (Lipinski definition) is 2. The molecular weight excluding hydrogens is 373 g/mol. The Kier molecular flexibility index (Phi) is 5.13. The average Bonchev–Trinajstić information content (AvgIpc) is 2.69. The molecule has 0 aliphatic heterocycles. The van der Waals surface area contributed by atoms with Crippen molar-refractivity contribution in [3.8, 4) is 5.75 Å². The Bertz CT molecular complexity index is 1060. The molecular formula is C20H17F3N2O3. The summed E-state index contributed by atoms with van der Waals surface area (Å²) >= 11 is 0. The lowest BCUT2D eigenvalue weighted by Gasteiger charge is -2.21. The second-order valence-corrected chi connectivity index (χ2v) is 6.22. The quantitative estimate of drug-likeness (QED) is 0.617. The molecule has 0 saturated heterocycles. The van der Waals surface area contributed by atoms with E-state index in [0.717, 1.165) is 23.8 Å². The number of benzene rings is 2. The molecule has 2 N–H and O–H groups in total. The average molecular weight is 390 g/mol. The highest BCUT2D eigenvalue weighted by molar-refractivity contribution is 5.81. The van der Waals surface area contributed by atoms with Gasteiger partial charge in [-0.05, 0) is 30.7 Å². The largest absolute Gasteiger partial charge is 0.495 e. The van der Waals surface area contributed by atoms with E-state index in [-0.39, 0.29) is 28.9 Å². The molecule has 28 heavy (non-hydrogen) atoms. The van der Waals surface area contributed by atoms with Crippen LogP contribution in [0.5, 0.6) is 5.75 Å². The van der Waals surface area contributed by atoms with Crippen LogP contribution in [0.2, 0.25) is 0 Å². The molecule has 3 rings (SSSR count). The first-order valence-electron chi connectivity index (χ1n) is 8.39. The summed E-state index contributed by atoms with van der Waals surface area (Å²) in [6, 6.07) is 11.8. The molecule has 0 heterocycles. The van der Waals surface area contributed by atoms with Gasteiger partial charge in [-0.2, -0.15) is 13.2 Å². The monoisotopic (exact) mass is 390 g/mol. The fourth-order valence-corrected chi connectivity index (χ4v) is 2.81. The normalized spacial score (nSPS) is 12.6. The number of rotatable bonds is 6. The topological polar surface area (TPSA) is 67.4 Å². The lowest BCUT2D eigenvalue weighted by molar-refractivity contribution is -0.137. The molecule has 1 atom stereocenters. The van der Waals surface area contributed by atoms with E-state index in [4.69, 9.17) is 4.74 Å². The standard InChI is InChI=1S/C20H17F3N2O3/c1-11(12-6-4-3-5-7-12)24-16-17(19(27)18(16)26)25-14-10-13(20(21,22)23)8-9-15(14)28-2/h3-11,24-25H,1-2H3. The van der Waals surface area contributed by atoms with Crippen molar-refractivity contribution in [3.05, 3.63) is 80.1 Å². The molecule has 0 fully saturated rings. The predicted octanol–water partition coefficient (Wildman–Crippen LogP) is 4.23. The van der Waals surface area contributed by atoms with Gasteiger partial charge >= 0.3 is 6.18 Å². The Hall–Kier alpha value is -3.29. The second-order valence-electron chi connectivity index (χ2n) is 6.22. The number of halogens is 3. The van der Waals surface area contributed by atoms with Crippen molar-refractivity contribution in [2.45, 2.75) is 19.1 Å². The van der Waals surface area contributed by atoms with Crippen molar-refractivity contribution in [2.75, 3.05) is 17.7 Å². The van der Waals surface area contributed by atoms with Crippen LogP contribution < -0.4 is 26.2 Å². The van der Waals surface area contributed by atoms with Crippen LogP contribution in [0, 0.1) is 0 Å². The molecule has 0 aliphatic rings. The fraction of sp³-hybridized carbons (Fsp3) is 0.200. The van der Waals surface area contributed by atoms with Crippen molar-refractivity contribution in [2.24, 2.45) is 0 Å². The highest BCUT2D eigenvalue weighted by Crippen LogP contribution is 2.37. The Labute approximate surface area is 158 Å². The summed E-state index contributed by atoms with van der Waals surface area (Å²) in [5.41, 5.74) is -1.66. The summed E-state index contributed by atoms with van der Waals surface area (Å²) in [6.07, 6.45) is -4.56. The molecule has 0 amide bonds. The molecule has 0 aliphatic carbocycles. The summed E-state index contributed by atoms with van der Waals surface area (Å²) in [4.78, 5) is 24.0. The van der Waals surface area contributed by atoms with E-state index >= 15 is 0 Å². The molecule has 0 bridgehead atoms. The van der Waals surface area contributed by atoms with E-state index in [1.807, 2.05) is 30.3 Å². The smallest absolute Gasteiger partial charge is 0.416 e. The third-order valence-electron chi connectivity index (χ3n) is 4.36. The van der Waals surface area contributed by atoms with Crippen molar-refractivity contribution in [1.29, 1.82) is 0 Å². The maximum atomic E-state index is 13.0. The predicted molar refractivity (Wildman–Crippen MR) is 101 cm³/mol. The Morgan fingerprint density at radius 3 is 2.21 bits per heavy atom.